The highest BCUT2D eigenvalue weighted by molar-refractivity contribution is 5.34. The Balaban J connectivity index is 0.000000461. The summed E-state index contributed by atoms with van der Waals surface area (Å²) in [5, 5.41) is 3.40. The van der Waals surface area contributed by atoms with Crippen LogP contribution in [0.1, 0.15) is 0 Å². The summed E-state index contributed by atoms with van der Waals surface area (Å²) in [5.74, 6) is 0.604. The van der Waals surface area contributed by atoms with Crippen molar-refractivity contribution in [3.8, 4) is 0 Å². The molecule has 0 radical (unpaired) electrons. The van der Waals surface area contributed by atoms with Crippen LogP contribution >= 0.6 is 0 Å². The molecular weight excluding hydrogens is 140 g/mol. The molecule has 0 spiro atoms. The number of nitrogens with one attached hydrogen (secondary N) is 1. The zero-order valence-corrected chi connectivity index (χ0v) is 6.20. The fourth-order valence-corrected chi connectivity index (χ4v) is 0.438. The lowest BCUT2D eigenvalue weighted by atomic mass is 10.7. The number of aromatic nitrogens is 2. The fraction of sp³-hybridized carbons (Fsp3) is 0. The monoisotopic (exact) mass is 150 g/mol. The van der Waals surface area contributed by atoms with Gasteiger partial charge in [-0.05, 0) is 0 Å². The van der Waals surface area contributed by atoms with Crippen LogP contribution in [-0.4, -0.2) is 16.7 Å². The molecule has 0 saturated carbocycles. The molecule has 0 aliphatic rings. The van der Waals surface area contributed by atoms with Crippen LogP contribution < -0.4 is 5.43 Å². The maximum atomic E-state index is 3.86. The molecule has 1 aromatic heterocycles. The summed E-state index contributed by atoms with van der Waals surface area (Å²) in [5.41, 5.74) is 2.55. The number of hydrogen-bond acceptors (Lipinski definition) is 4. The molecule has 0 fully saturated rings. The summed E-state index contributed by atoms with van der Waals surface area (Å²) in [6.07, 6.45) is 4.73. The van der Waals surface area contributed by atoms with E-state index in [1.807, 2.05) is 0 Å². The highest BCUT2D eigenvalue weighted by Gasteiger charge is 1.83. The maximum absolute atomic E-state index is 3.86. The highest BCUT2D eigenvalue weighted by atomic mass is 15.3. The van der Waals surface area contributed by atoms with Crippen LogP contribution in [0, 0.1) is 0 Å². The lowest BCUT2D eigenvalue weighted by Gasteiger charge is -1.92. The van der Waals surface area contributed by atoms with Crippen molar-refractivity contribution in [1.82, 2.24) is 9.97 Å². The van der Waals surface area contributed by atoms with Crippen molar-refractivity contribution in [2.45, 2.75) is 0 Å². The molecule has 0 bridgehead atoms. The molecule has 1 aromatic rings. The van der Waals surface area contributed by atoms with E-state index < -0.39 is 0 Å². The summed E-state index contributed by atoms with van der Waals surface area (Å²) in [6, 6.07) is 0. The van der Waals surface area contributed by atoms with Gasteiger partial charge in [0.2, 0.25) is 0 Å². The van der Waals surface area contributed by atoms with E-state index in [0.717, 1.165) is 0 Å². The van der Waals surface area contributed by atoms with Gasteiger partial charge in [0.05, 0.1) is 6.20 Å². The van der Waals surface area contributed by atoms with E-state index in [-0.39, 0.29) is 0 Å². The highest BCUT2D eigenvalue weighted by Crippen LogP contribution is 1.94. The van der Waals surface area contributed by atoms with E-state index in [0.29, 0.717) is 5.82 Å². The summed E-state index contributed by atoms with van der Waals surface area (Å²) < 4.78 is 0. The van der Waals surface area contributed by atoms with E-state index in [4.69, 9.17) is 0 Å². The zero-order valence-electron chi connectivity index (χ0n) is 6.20. The number of nitrogens with zero attached hydrogens (tertiary/aromatic N) is 3. The Morgan fingerprint density at radius 1 is 1.36 bits per heavy atom. The average Bonchev–Trinajstić information content (AvgIpc) is 2.11. The van der Waals surface area contributed by atoms with Crippen molar-refractivity contribution in [1.29, 1.82) is 0 Å². The van der Waals surface area contributed by atoms with E-state index in [1.165, 1.54) is 0 Å². The quantitative estimate of drug-likeness (QED) is 0.393. The lowest BCUT2D eigenvalue weighted by molar-refractivity contribution is 1.16. The van der Waals surface area contributed by atoms with Gasteiger partial charge in [0.15, 0.2) is 5.82 Å². The second-order valence-corrected chi connectivity index (χ2v) is 1.36. The Morgan fingerprint density at radius 3 is 2.55 bits per heavy atom. The first kappa shape index (κ1) is 9.29. The minimum atomic E-state index is 0.604. The van der Waals surface area contributed by atoms with Crippen LogP contribution in [0.3, 0.4) is 0 Å². The largest absolute Gasteiger partial charge is 0.261 e. The van der Waals surface area contributed by atoms with Gasteiger partial charge < -0.3 is 0 Å². The minimum absolute atomic E-state index is 0.604. The molecular formula is C7H10N4. The molecule has 1 N–H and O–H groups in total. The molecule has 0 unspecified atom stereocenters. The van der Waals surface area contributed by atoms with Crippen molar-refractivity contribution in [3.63, 3.8) is 0 Å². The standard InChI is InChI=1S/C5H6N4.C2H4/c1-6-9-5-4-7-2-3-8-5;1-2/h2-4H,1H2,(H,8,9);1-2H2. The van der Waals surface area contributed by atoms with Crippen molar-refractivity contribution in [3.05, 3.63) is 31.7 Å². The molecule has 0 saturated heterocycles. The molecule has 1 rings (SSSR count). The lowest BCUT2D eigenvalue weighted by Crippen LogP contribution is -1.89. The van der Waals surface area contributed by atoms with Crippen LogP contribution in [-0.2, 0) is 0 Å². The molecule has 0 amide bonds. The molecule has 4 heteroatoms. The Kier molecular flexibility index (Phi) is 5.41. The molecule has 0 aliphatic carbocycles. The van der Waals surface area contributed by atoms with Gasteiger partial charge in [-0.25, -0.2) is 4.98 Å². The summed E-state index contributed by atoms with van der Waals surface area (Å²) in [7, 11) is 0. The second-order valence-electron chi connectivity index (χ2n) is 1.36. The predicted molar refractivity (Wildman–Crippen MR) is 46.5 cm³/mol. The van der Waals surface area contributed by atoms with Gasteiger partial charge in [0.1, 0.15) is 0 Å². The van der Waals surface area contributed by atoms with Crippen LogP contribution in [0.4, 0.5) is 5.82 Å². The Bertz CT molecular complexity index is 197. The van der Waals surface area contributed by atoms with Crippen molar-refractivity contribution < 1.29 is 0 Å². The third-order valence-electron chi connectivity index (χ3n) is 0.757. The maximum Gasteiger partial charge on any atom is 0.164 e. The van der Waals surface area contributed by atoms with Gasteiger partial charge in [-0.1, -0.05) is 0 Å². The topological polar surface area (TPSA) is 50.2 Å². The fourth-order valence-electron chi connectivity index (χ4n) is 0.438. The third kappa shape index (κ3) is 3.80. The molecule has 1 heterocycles. The van der Waals surface area contributed by atoms with E-state index in [1.54, 1.807) is 18.6 Å². The minimum Gasteiger partial charge on any atom is -0.261 e. The van der Waals surface area contributed by atoms with Gasteiger partial charge in [0, 0.05) is 19.1 Å². The Labute approximate surface area is 65.7 Å². The van der Waals surface area contributed by atoms with Gasteiger partial charge in [-0.3, -0.25) is 10.4 Å². The third-order valence-corrected chi connectivity index (χ3v) is 0.757. The molecule has 0 aliphatic heterocycles. The van der Waals surface area contributed by atoms with Crippen molar-refractivity contribution >= 4 is 12.5 Å². The summed E-state index contributed by atoms with van der Waals surface area (Å²) in [4.78, 5) is 7.65. The van der Waals surface area contributed by atoms with Crippen LogP contribution in [0.2, 0.25) is 0 Å². The van der Waals surface area contributed by atoms with E-state index in [9.17, 15) is 0 Å². The SMILES string of the molecule is C=C.C=NNc1cnccn1. The van der Waals surface area contributed by atoms with Gasteiger partial charge in [-0.2, -0.15) is 5.10 Å². The Morgan fingerprint density at radius 2 is 2.09 bits per heavy atom. The first-order valence-electron chi connectivity index (χ1n) is 2.91. The summed E-state index contributed by atoms with van der Waals surface area (Å²) >= 11 is 0. The first-order valence-corrected chi connectivity index (χ1v) is 2.91. The number of rotatable bonds is 2. The molecule has 58 valence electrons. The van der Waals surface area contributed by atoms with Crippen LogP contribution in [0.15, 0.2) is 36.8 Å². The van der Waals surface area contributed by atoms with Crippen LogP contribution in [0.25, 0.3) is 0 Å². The molecule has 0 aromatic carbocycles. The zero-order chi connectivity index (χ0) is 8.53. The number of hydrazone groups is 1. The van der Waals surface area contributed by atoms with Crippen molar-refractivity contribution in [2.75, 3.05) is 5.43 Å². The van der Waals surface area contributed by atoms with Crippen molar-refractivity contribution in [2.24, 2.45) is 5.10 Å². The average molecular weight is 150 g/mol. The Hall–Kier alpha value is -1.71. The van der Waals surface area contributed by atoms with Gasteiger partial charge >= 0.3 is 0 Å². The number of anilines is 1. The van der Waals surface area contributed by atoms with Crippen LogP contribution in [0.5, 0.6) is 0 Å². The van der Waals surface area contributed by atoms with E-state index in [2.05, 4.69) is 40.4 Å². The smallest absolute Gasteiger partial charge is 0.164 e. The second kappa shape index (κ2) is 6.41. The van der Waals surface area contributed by atoms with Gasteiger partial charge in [0.25, 0.3) is 0 Å². The normalized spacial score (nSPS) is 7.27. The van der Waals surface area contributed by atoms with Gasteiger partial charge in [-0.15, -0.1) is 13.2 Å². The molecule has 0 atom stereocenters. The molecule has 11 heavy (non-hydrogen) atoms. The summed E-state index contributed by atoms with van der Waals surface area (Å²) in [6.45, 7) is 9.23. The number of hydrogen-bond donors (Lipinski definition) is 1. The van der Waals surface area contributed by atoms with E-state index >= 15 is 0 Å². The first-order chi connectivity index (χ1) is 5.43. The molecule has 4 nitrogen and oxygen atoms in total. The predicted octanol–water partition coefficient (Wildman–Crippen LogP) is 1.31.